The predicted molar refractivity (Wildman–Crippen MR) is 80.0 cm³/mol. The summed E-state index contributed by atoms with van der Waals surface area (Å²) in [5.74, 6) is 0.732. The topological polar surface area (TPSA) is 75.6 Å². The van der Waals surface area contributed by atoms with Gasteiger partial charge in [0.1, 0.15) is 18.1 Å². The predicted octanol–water partition coefficient (Wildman–Crippen LogP) is 2.06. The number of sulfonamides is 1. The molecule has 0 spiro atoms. The number of hydrogen-bond acceptors (Lipinski definition) is 4. The second-order valence-electron chi connectivity index (χ2n) is 4.56. The zero-order valence-corrected chi connectivity index (χ0v) is 12.4. The van der Waals surface area contributed by atoms with E-state index in [0.29, 0.717) is 5.75 Å². The zero-order chi connectivity index (χ0) is 15.3. The van der Waals surface area contributed by atoms with E-state index in [4.69, 9.17) is 9.84 Å². The Labute approximate surface area is 124 Å². The maximum atomic E-state index is 12.0. The van der Waals surface area contributed by atoms with Gasteiger partial charge in [-0.25, -0.2) is 13.1 Å². The van der Waals surface area contributed by atoms with Crippen molar-refractivity contribution in [2.75, 3.05) is 13.2 Å². The van der Waals surface area contributed by atoms with Crippen molar-refractivity contribution < 1.29 is 18.3 Å². The number of aryl methyl sites for hydroxylation is 1. The number of ether oxygens (including phenoxy) is 1. The normalized spacial score (nSPS) is 11.3. The van der Waals surface area contributed by atoms with Gasteiger partial charge in [0.15, 0.2) is 0 Å². The number of hydrogen-bond donors (Lipinski definition) is 2. The Morgan fingerprint density at radius 1 is 1.14 bits per heavy atom. The fraction of sp³-hybridized carbons (Fsp3) is 0.200. The molecule has 5 nitrogen and oxygen atoms in total. The molecule has 0 aliphatic heterocycles. The van der Waals surface area contributed by atoms with Crippen LogP contribution in [-0.4, -0.2) is 26.7 Å². The van der Waals surface area contributed by atoms with Crippen molar-refractivity contribution in [2.45, 2.75) is 11.8 Å². The lowest BCUT2D eigenvalue weighted by Gasteiger charge is -2.09. The molecule has 0 aliphatic carbocycles. The fourth-order valence-electron chi connectivity index (χ4n) is 1.76. The molecular formula is C15H17NO4S. The molecule has 0 heterocycles. The van der Waals surface area contributed by atoms with Gasteiger partial charge in [-0.1, -0.05) is 12.1 Å². The molecular weight excluding hydrogens is 290 g/mol. The average molecular weight is 307 g/mol. The van der Waals surface area contributed by atoms with E-state index in [1.165, 1.54) is 24.3 Å². The van der Waals surface area contributed by atoms with Crippen molar-refractivity contribution >= 4 is 10.0 Å². The summed E-state index contributed by atoms with van der Waals surface area (Å²) in [6, 6.07) is 12.9. The summed E-state index contributed by atoms with van der Waals surface area (Å²) in [4.78, 5) is 0.107. The first-order valence-electron chi connectivity index (χ1n) is 6.45. The first-order chi connectivity index (χ1) is 9.97. The third kappa shape index (κ3) is 4.47. The highest BCUT2D eigenvalue weighted by atomic mass is 32.2. The summed E-state index contributed by atoms with van der Waals surface area (Å²) in [6.45, 7) is 2.36. The Hall–Kier alpha value is -2.05. The minimum Gasteiger partial charge on any atom is -0.508 e. The fourth-order valence-corrected chi connectivity index (χ4v) is 2.77. The van der Waals surface area contributed by atoms with Crippen molar-refractivity contribution in [3.05, 3.63) is 54.1 Å². The van der Waals surface area contributed by atoms with Gasteiger partial charge in [-0.2, -0.15) is 0 Å². The van der Waals surface area contributed by atoms with E-state index in [1.807, 2.05) is 31.2 Å². The maximum absolute atomic E-state index is 12.0. The molecule has 0 unspecified atom stereocenters. The molecule has 2 rings (SSSR count). The van der Waals surface area contributed by atoms with Crippen LogP contribution in [0.25, 0.3) is 0 Å². The summed E-state index contributed by atoms with van der Waals surface area (Å²) in [7, 11) is -3.58. The van der Waals surface area contributed by atoms with Crippen LogP contribution in [0.5, 0.6) is 11.5 Å². The zero-order valence-electron chi connectivity index (χ0n) is 11.6. The molecule has 0 aromatic heterocycles. The van der Waals surface area contributed by atoms with E-state index in [-0.39, 0.29) is 23.8 Å². The van der Waals surface area contributed by atoms with Crippen LogP contribution in [0, 0.1) is 6.92 Å². The Morgan fingerprint density at radius 2 is 1.86 bits per heavy atom. The van der Waals surface area contributed by atoms with Gasteiger partial charge in [0.05, 0.1) is 4.90 Å². The van der Waals surface area contributed by atoms with Crippen LogP contribution in [0.1, 0.15) is 5.56 Å². The van der Waals surface area contributed by atoms with Gasteiger partial charge in [-0.05, 0) is 48.9 Å². The molecule has 0 aliphatic rings. The molecule has 2 N–H and O–H groups in total. The molecule has 0 saturated carbocycles. The number of phenols is 1. The van der Waals surface area contributed by atoms with Crippen molar-refractivity contribution in [3.8, 4) is 11.5 Å². The minimum absolute atomic E-state index is 0.0248. The van der Waals surface area contributed by atoms with E-state index >= 15 is 0 Å². The molecule has 2 aromatic carbocycles. The Kier molecular flexibility index (Phi) is 4.82. The van der Waals surface area contributed by atoms with E-state index in [9.17, 15) is 8.42 Å². The monoisotopic (exact) mass is 307 g/mol. The molecule has 6 heteroatoms. The van der Waals surface area contributed by atoms with Gasteiger partial charge in [0.25, 0.3) is 0 Å². The standard InChI is InChI=1S/C15H17NO4S/c1-12-3-2-4-14(11-12)20-10-9-16-21(18,19)15-7-5-13(17)6-8-15/h2-8,11,16-17H,9-10H2,1H3. The SMILES string of the molecule is Cc1cccc(OCCNS(=O)(=O)c2ccc(O)cc2)c1. The van der Waals surface area contributed by atoms with Crippen LogP contribution in [0.15, 0.2) is 53.4 Å². The summed E-state index contributed by atoms with van der Waals surface area (Å²) < 4.78 is 31.8. The van der Waals surface area contributed by atoms with Gasteiger partial charge in [-0.3, -0.25) is 0 Å². The van der Waals surface area contributed by atoms with Crippen molar-refractivity contribution in [1.82, 2.24) is 4.72 Å². The highest BCUT2D eigenvalue weighted by Crippen LogP contribution is 2.14. The molecule has 0 amide bonds. The summed E-state index contributed by atoms with van der Waals surface area (Å²) in [5, 5.41) is 9.15. The molecule has 0 bridgehead atoms. The van der Waals surface area contributed by atoms with Gasteiger partial charge in [0, 0.05) is 6.54 Å². The van der Waals surface area contributed by atoms with E-state index in [1.54, 1.807) is 0 Å². The smallest absolute Gasteiger partial charge is 0.240 e. The quantitative estimate of drug-likeness (QED) is 0.801. The van der Waals surface area contributed by atoms with E-state index in [0.717, 1.165) is 5.56 Å². The third-order valence-corrected chi connectivity index (χ3v) is 4.28. The number of nitrogens with one attached hydrogen (secondary N) is 1. The van der Waals surface area contributed by atoms with Crippen molar-refractivity contribution in [2.24, 2.45) is 0 Å². The highest BCUT2D eigenvalue weighted by Gasteiger charge is 2.12. The van der Waals surface area contributed by atoms with Crippen LogP contribution in [0.3, 0.4) is 0 Å². The highest BCUT2D eigenvalue weighted by molar-refractivity contribution is 7.89. The molecule has 0 atom stereocenters. The van der Waals surface area contributed by atoms with Gasteiger partial charge >= 0.3 is 0 Å². The Balaban J connectivity index is 1.86. The lowest BCUT2D eigenvalue weighted by molar-refractivity contribution is 0.322. The van der Waals surface area contributed by atoms with E-state index < -0.39 is 10.0 Å². The van der Waals surface area contributed by atoms with E-state index in [2.05, 4.69) is 4.72 Å². The number of rotatable bonds is 6. The van der Waals surface area contributed by atoms with Crippen LogP contribution >= 0.6 is 0 Å². The molecule has 21 heavy (non-hydrogen) atoms. The van der Waals surface area contributed by atoms with Crippen LogP contribution in [0.4, 0.5) is 0 Å². The number of aromatic hydroxyl groups is 1. The lowest BCUT2D eigenvalue weighted by Crippen LogP contribution is -2.28. The van der Waals surface area contributed by atoms with Crippen LogP contribution in [0.2, 0.25) is 0 Å². The van der Waals surface area contributed by atoms with Gasteiger partial charge < -0.3 is 9.84 Å². The second kappa shape index (κ2) is 6.60. The summed E-state index contributed by atoms with van der Waals surface area (Å²) in [6.07, 6.45) is 0. The first-order valence-corrected chi connectivity index (χ1v) is 7.94. The van der Waals surface area contributed by atoms with Crippen LogP contribution in [-0.2, 0) is 10.0 Å². The van der Waals surface area contributed by atoms with Gasteiger partial charge in [-0.15, -0.1) is 0 Å². The average Bonchev–Trinajstić information content (AvgIpc) is 2.44. The second-order valence-corrected chi connectivity index (χ2v) is 6.32. The first kappa shape index (κ1) is 15.3. The largest absolute Gasteiger partial charge is 0.508 e. The van der Waals surface area contributed by atoms with Crippen LogP contribution < -0.4 is 9.46 Å². The molecule has 0 saturated heterocycles. The Bertz CT molecular complexity index is 696. The summed E-state index contributed by atoms with van der Waals surface area (Å²) >= 11 is 0. The molecule has 0 fully saturated rings. The number of phenolic OH excluding ortho intramolecular Hbond substituents is 1. The van der Waals surface area contributed by atoms with Crippen molar-refractivity contribution in [1.29, 1.82) is 0 Å². The van der Waals surface area contributed by atoms with Gasteiger partial charge in [0.2, 0.25) is 10.0 Å². The maximum Gasteiger partial charge on any atom is 0.240 e. The number of benzene rings is 2. The van der Waals surface area contributed by atoms with Crippen molar-refractivity contribution in [3.63, 3.8) is 0 Å². The molecule has 2 aromatic rings. The molecule has 112 valence electrons. The lowest BCUT2D eigenvalue weighted by atomic mass is 10.2. The third-order valence-electron chi connectivity index (χ3n) is 2.80. The summed E-state index contributed by atoms with van der Waals surface area (Å²) in [5.41, 5.74) is 1.08. The molecule has 0 radical (unpaired) electrons. The Morgan fingerprint density at radius 3 is 2.52 bits per heavy atom. The minimum atomic E-state index is -3.58.